The zero-order valence-electron chi connectivity index (χ0n) is 12.1. The van der Waals surface area contributed by atoms with E-state index in [1.165, 1.54) is 18.2 Å². The first kappa shape index (κ1) is 16.8. The number of hydrogen-bond donors (Lipinski definition) is 3. The lowest BCUT2D eigenvalue weighted by molar-refractivity contribution is 0.0954. The van der Waals surface area contributed by atoms with Gasteiger partial charge >= 0.3 is 6.03 Å². The third-order valence-corrected chi connectivity index (χ3v) is 3.27. The monoisotopic (exact) mass is 335 g/mol. The topological polar surface area (TPSA) is 70.2 Å². The number of anilines is 1. The van der Waals surface area contributed by atoms with Crippen LogP contribution in [0.3, 0.4) is 0 Å². The van der Waals surface area contributed by atoms with Gasteiger partial charge in [-0.1, -0.05) is 35.9 Å². The number of amides is 3. The molecule has 0 unspecified atom stereocenters. The van der Waals surface area contributed by atoms with Crippen LogP contribution in [-0.4, -0.2) is 25.0 Å². The molecule has 0 spiro atoms. The van der Waals surface area contributed by atoms with Crippen LogP contribution in [0, 0.1) is 5.82 Å². The molecule has 0 radical (unpaired) electrons. The number of urea groups is 1. The van der Waals surface area contributed by atoms with Crippen molar-refractivity contribution in [2.24, 2.45) is 0 Å². The van der Waals surface area contributed by atoms with Crippen molar-refractivity contribution in [2.45, 2.75) is 0 Å². The highest BCUT2D eigenvalue weighted by Crippen LogP contribution is 2.14. The molecule has 23 heavy (non-hydrogen) atoms. The number of carbonyl (C=O) groups is 2. The van der Waals surface area contributed by atoms with Gasteiger partial charge in [0.15, 0.2) is 0 Å². The first-order valence-corrected chi connectivity index (χ1v) is 7.28. The molecule has 0 aliphatic heterocycles. The molecule has 0 saturated heterocycles. The molecule has 120 valence electrons. The number of para-hydroxylation sites is 1. The Hall–Kier alpha value is -2.60. The fraction of sp³-hybridized carbons (Fsp3) is 0.125. The first-order valence-electron chi connectivity index (χ1n) is 6.90. The molecule has 0 heterocycles. The molecule has 0 bridgehead atoms. The third-order valence-electron chi connectivity index (χ3n) is 2.94. The highest BCUT2D eigenvalue weighted by molar-refractivity contribution is 6.33. The summed E-state index contributed by atoms with van der Waals surface area (Å²) >= 11 is 5.91. The van der Waals surface area contributed by atoms with Gasteiger partial charge in [-0.05, 0) is 24.3 Å². The maximum absolute atomic E-state index is 13.4. The van der Waals surface area contributed by atoms with E-state index in [-0.39, 0.29) is 24.7 Å². The number of nitrogens with one attached hydrogen (secondary N) is 3. The summed E-state index contributed by atoms with van der Waals surface area (Å²) in [7, 11) is 0. The molecule has 0 atom stereocenters. The predicted molar refractivity (Wildman–Crippen MR) is 87.2 cm³/mol. The van der Waals surface area contributed by atoms with E-state index in [1.54, 1.807) is 30.3 Å². The van der Waals surface area contributed by atoms with E-state index in [0.717, 1.165) is 0 Å². The Kier molecular flexibility index (Phi) is 5.94. The normalized spacial score (nSPS) is 10.0. The Morgan fingerprint density at radius 2 is 1.61 bits per heavy atom. The molecule has 0 aliphatic carbocycles. The van der Waals surface area contributed by atoms with Crippen LogP contribution >= 0.6 is 11.6 Å². The second kappa shape index (κ2) is 8.14. The van der Waals surface area contributed by atoms with E-state index in [4.69, 9.17) is 11.6 Å². The minimum atomic E-state index is -0.554. The maximum atomic E-state index is 13.4. The fourth-order valence-electron chi connectivity index (χ4n) is 1.82. The summed E-state index contributed by atoms with van der Waals surface area (Å²) in [5, 5.41) is 7.88. The average molecular weight is 336 g/mol. The largest absolute Gasteiger partial charge is 0.350 e. The Bertz CT molecular complexity index is 709. The summed E-state index contributed by atoms with van der Waals surface area (Å²) in [6.07, 6.45) is 0. The maximum Gasteiger partial charge on any atom is 0.319 e. The summed E-state index contributed by atoms with van der Waals surface area (Å²) in [5.41, 5.74) is 0.454. The van der Waals surface area contributed by atoms with Crippen molar-refractivity contribution in [3.8, 4) is 0 Å². The van der Waals surface area contributed by atoms with Crippen LogP contribution in [0.15, 0.2) is 48.5 Å². The van der Waals surface area contributed by atoms with Crippen molar-refractivity contribution in [1.29, 1.82) is 0 Å². The van der Waals surface area contributed by atoms with E-state index in [0.29, 0.717) is 10.6 Å². The molecule has 2 aromatic carbocycles. The molecule has 0 fully saturated rings. The zero-order valence-corrected chi connectivity index (χ0v) is 12.9. The number of rotatable bonds is 5. The van der Waals surface area contributed by atoms with Crippen molar-refractivity contribution < 1.29 is 14.0 Å². The first-order chi connectivity index (χ1) is 11.1. The van der Waals surface area contributed by atoms with Crippen molar-refractivity contribution >= 4 is 29.2 Å². The van der Waals surface area contributed by atoms with Crippen LogP contribution < -0.4 is 16.0 Å². The molecule has 3 N–H and O–H groups in total. The number of halogens is 2. The summed E-state index contributed by atoms with van der Waals surface area (Å²) in [6, 6.07) is 12.0. The minimum absolute atomic E-state index is 0.0881. The summed E-state index contributed by atoms with van der Waals surface area (Å²) in [4.78, 5) is 23.5. The average Bonchev–Trinajstić information content (AvgIpc) is 2.54. The van der Waals surface area contributed by atoms with Crippen LogP contribution in [0.25, 0.3) is 0 Å². The van der Waals surface area contributed by atoms with E-state index < -0.39 is 11.8 Å². The van der Waals surface area contributed by atoms with Crippen molar-refractivity contribution in [3.05, 3.63) is 64.9 Å². The zero-order chi connectivity index (χ0) is 16.7. The molecule has 3 amide bonds. The Balaban J connectivity index is 1.73. The molecular formula is C16H15ClFN3O2. The van der Waals surface area contributed by atoms with Gasteiger partial charge in [-0.2, -0.15) is 0 Å². The van der Waals surface area contributed by atoms with Crippen LogP contribution in [0.5, 0.6) is 0 Å². The fourth-order valence-corrected chi connectivity index (χ4v) is 2.04. The summed E-state index contributed by atoms with van der Waals surface area (Å²) in [5.74, 6) is -0.846. The smallest absolute Gasteiger partial charge is 0.319 e. The van der Waals surface area contributed by atoms with Gasteiger partial charge in [0.1, 0.15) is 5.82 Å². The summed E-state index contributed by atoms with van der Waals surface area (Å²) < 4.78 is 13.4. The van der Waals surface area contributed by atoms with Crippen LogP contribution in [-0.2, 0) is 0 Å². The third kappa shape index (κ3) is 4.96. The van der Waals surface area contributed by atoms with Gasteiger partial charge in [-0.3, -0.25) is 4.79 Å². The van der Waals surface area contributed by atoms with E-state index in [9.17, 15) is 14.0 Å². The van der Waals surface area contributed by atoms with Crippen molar-refractivity contribution in [1.82, 2.24) is 10.6 Å². The van der Waals surface area contributed by atoms with Crippen molar-refractivity contribution in [2.75, 3.05) is 18.4 Å². The lowest BCUT2D eigenvalue weighted by Gasteiger charge is -2.09. The Morgan fingerprint density at radius 1 is 0.957 bits per heavy atom. The number of benzene rings is 2. The standard InChI is InChI=1S/C16H15ClFN3O2/c17-12-6-2-1-5-11(12)15(22)19-9-10-20-16(23)21-14-8-4-3-7-13(14)18/h1-8H,9-10H2,(H,19,22)(H2,20,21,23). The van der Waals surface area contributed by atoms with E-state index in [1.807, 2.05) is 0 Å². The van der Waals surface area contributed by atoms with E-state index >= 15 is 0 Å². The van der Waals surface area contributed by atoms with Gasteiger partial charge in [-0.25, -0.2) is 9.18 Å². The highest BCUT2D eigenvalue weighted by Gasteiger charge is 2.09. The van der Waals surface area contributed by atoms with Crippen LogP contribution in [0.4, 0.5) is 14.9 Å². The van der Waals surface area contributed by atoms with Gasteiger partial charge in [-0.15, -0.1) is 0 Å². The lowest BCUT2D eigenvalue weighted by Crippen LogP contribution is -2.37. The van der Waals surface area contributed by atoms with Gasteiger partial charge in [0.05, 0.1) is 16.3 Å². The quantitative estimate of drug-likeness (QED) is 0.735. The molecule has 5 nitrogen and oxygen atoms in total. The van der Waals surface area contributed by atoms with E-state index in [2.05, 4.69) is 16.0 Å². The van der Waals surface area contributed by atoms with Gasteiger partial charge in [0, 0.05) is 13.1 Å². The van der Waals surface area contributed by atoms with Gasteiger partial charge in [0.2, 0.25) is 0 Å². The van der Waals surface area contributed by atoms with Gasteiger partial charge < -0.3 is 16.0 Å². The lowest BCUT2D eigenvalue weighted by atomic mass is 10.2. The SMILES string of the molecule is O=C(NCCNC(=O)c1ccccc1Cl)Nc1ccccc1F. The molecular weight excluding hydrogens is 321 g/mol. The second-order valence-electron chi connectivity index (χ2n) is 4.60. The Morgan fingerprint density at radius 3 is 2.35 bits per heavy atom. The van der Waals surface area contributed by atoms with Crippen molar-refractivity contribution in [3.63, 3.8) is 0 Å². The molecule has 7 heteroatoms. The Labute approximate surface area is 137 Å². The molecule has 2 aromatic rings. The number of hydrogen-bond acceptors (Lipinski definition) is 2. The molecule has 0 aromatic heterocycles. The highest BCUT2D eigenvalue weighted by atomic mass is 35.5. The van der Waals surface area contributed by atoms with Gasteiger partial charge in [0.25, 0.3) is 5.91 Å². The molecule has 0 aliphatic rings. The van der Waals surface area contributed by atoms with Crippen LogP contribution in [0.2, 0.25) is 5.02 Å². The second-order valence-corrected chi connectivity index (χ2v) is 5.00. The van der Waals surface area contributed by atoms with Crippen LogP contribution in [0.1, 0.15) is 10.4 Å². The molecule has 2 rings (SSSR count). The predicted octanol–water partition coefficient (Wildman–Crippen LogP) is 3.03. The molecule has 0 saturated carbocycles. The minimum Gasteiger partial charge on any atom is -0.350 e. The number of carbonyl (C=O) groups excluding carboxylic acids is 2. The summed E-state index contributed by atoms with van der Waals surface area (Å²) in [6.45, 7) is 0.408.